The van der Waals surface area contributed by atoms with Crippen molar-refractivity contribution >= 4 is 0 Å². The summed E-state index contributed by atoms with van der Waals surface area (Å²) in [5.74, 6) is 7.83. The van der Waals surface area contributed by atoms with Crippen LogP contribution in [0.3, 0.4) is 0 Å². The molecule has 0 saturated carbocycles. The van der Waals surface area contributed by atoms with Gasteiger partial charge in [0.1, 0.15) is 11.5 Å². The third kappa shape index (κ3) is 4.55. The van der Waals surface area contributed by atoms with Gasteiger partial charge in [0.05, 0.1) is 20.8 Å². The quantitative estimate of drug-likeness (QED) is 0.675. The number of hydrogen-bond donors (Lipinski definition) is 1. The standard InChI is InChI=1S/C18H19NO2/c1-20-17-11-10-16(18(13-17)21-2)14-19-12-6-9-15-7-4-3-5-8-15/h3-5,7-8,10-11,13,19H,12,14H2,1-2H3. The largest absolute Gasteiger partial charge is 0.497 e. The second kappa shape index (κ2) is 7.98. The molecule has 1 N–H and O–H groups in total. The predicted molar refractivity (Wildman–Crippen MR) is 84.6 cm³/mol. The summed E-state index contributed by atoms with van der Waals surface area (Å²) in [7, 11) is 3.30. The van der Waals surface area contributed by atoms with E-state index >= 15 is 0 Å². The van der Waals surface area contributed by atoms with E-state index in [4.69, 9.17) is 9.47 Å². The highest BCUT2D eigenvalue weighted by Gasteiger charge is 2.03. The Hall–Kier alpha value is -2.44. The molecule has 3 heteroatoms. The van der Waals surface area contributed by atoms with Gasteiger partial charge in [0, 0.05) is 23.7 Å². The van der Waals surface area contributed by atoms with Crippen molar-refractivity contribution in [3.8, 4) is 23.3 Å². The number of rotatable bonds is 5. The molecule has 21 heavy (non-hydrogen) atoms. The maximum Gasteiger partial charge on any atom is 0.127 e. The zero-order valence-electron chi connectivity index (χ0n) is 12.3. The molecule has 0 atom stereocenters. The highest BCUT2D eigenvalue weighted by atomic mass is 16.5. The van der Waals surface area contributed by atoms with Crippen molar-refractivity contribution in [2.45, 2.75) is 6.54 Å². The van der Waals surface area contributed by atoms with Crippen LogP contribution in [0.2, 0.25) is 0 Å². The Morgan fingerprint density at radius 1 is 1.00 bits per heavy atom. The zero-order chi connectivity index (χ0) is 14.9. The molecule has 0 aromatic heterocycles. The first-order chi connectivity index (χ1) is 10.3. The van der Waals surface area contributed by atoms with Gasteiger partial charge >= 0.3 is 0 Å². The van der Waals surface area contributed by atoms with Crippen molar-refractivity contribution in [2.75, 3.05) is 20.8 Å². The summed E-state index contributed by atoms with van der Waals surface area (Å²) in [5, 5.41) is 3.29. The molecule has 0 spiro atoms. The predicted octanol–water partition coefficient (Wildman–Crippen LogP) is 2.85. The summed E-state index contributed by atoms with van der Waals surface area (Å²) >= 11 is 0. The van der Waals surface area contributed by atoms with E-state index in [1.807, 2.05) is 48.5 Å². The minimum atomic E-state index is 0.629. The first-order valence-corrected chi connectivity index (χ1v) is 6.79. The van der Waals surface area contributed by atoms with Crippen molar-refractivity contribution < 1.29 is 9.47 Å². The second-order valence-corrected chi connectivity index (χ2v) is 4.45. The van der Waals surface area contributed by atoms with E-state index in [-0.39, 0.29) is 0 Å². The number of methoxy groups -OCH3 is 2. The molecule has 0 fully saturated rings. The van der Waals surface area contributed by atoms with Crippen molar-refractivity contribution in [3.63, 3.8) is 0 Å². The molecule has 2 aromatic rings. The normalized spacial score (nSPS) is 9.62. The van der Waals surface area contributed by atoms with Crippen LogP contribution in [-0.2, 0) is 6.54 Å². The Balaban J connectivity index is 1.88. The molecule has 0 unspecified atom stereocenters. The average Bonchev–Trinajstić information content (AvgIpc) is 2.55. The van der Waals surface area contributed by atoms with Crippen LogP contribution < -0.4 is 14.8 Å². The highest BCUT2D eigenvalue weighted by molar-refractivity contribution is 5.40. The van der Waals surface area contributed by atoms with Gasteiger partial charge in [0.2, 0.25) is 0 Å². The van der Waals surface area contributed by atoms with E-state index in [0.29, 0.717) is 13.1 Å². The maximum absolute atomic E-state index is 5.36. The van der Waals surface area contributed by atoms with Crippen molar-refractivity contribution in [3.05, 3.63) is 59.7 Å². The summed E-state index contributed by atoms with van der Waals surface area (Å²) < 4.78 is 10.5. The fraction of sp³-hybridized carbons (Fsp3) is 0.222. The molecule has 0 aliphatic rings. The number of nitrogens with one attached hydrogen (secondary N) is 1. The molecule has 2 aromatic carbocycles. The minimum Gasteiger partial charge on any atom is -0.497 e. The molecule has 0 radical (unpaired) electrons. The van der Waals surface area contributed by atoms with Gasteiger partial charge in [0.15, 0.2) is 0 Å². The first kappa shape index (κ1) is 15.0. The van der Waals surface area contributed by atoms with E-state index in [2.05, 4.69) is 17.2 Å². The molecule has 2 rings (SSSR count). The molecule has 0 aliphatic heterocycles. The third-order valence-corrected chi connectivity index (χ3v) is 3.03. The van der Waals surface area contributed by atoms with Crippen molar-refractivity contribution in [1.82, 2.24) is 5.32 Å². The lowest BCUT2D eigenvalue weighted by atomic mass is 10.2. The van der Waals surface area contributed by atoms with Gasteiger partial charge in [-0.1, -0.05) is 36.1 Å². The molecule has 108 valence electrons. The fourth-order valence-electron chi connectivity index (χ4n) is 1.93. The SMILES string of the molecule is COc1ccc(CNCC#Cc2ccccc2)c(OC)c1. The molecular formula is C18H19NO2. The highest BCUT2D eigenvalue weighted by Crippen LogP contribution is 2.24. The van der Waals surface area contributed by atoms with E-state index in [1.54, 1.807) is 14.2 Å². The summed E-state index contributed by atoms with van der Waals surface area (Å²) in [4.78, 5) is 0. The Morgan fingerprint density at radius 2 is 1.81 bits per heavy atom. The summed E-state index contributed by atoms with van der Waals surface area (Å²) in [6, 6.07) is 15.8. The fourth-order valence-corrected chi connectivity index (χ4v) is 1.93. The molecule has 0 amide bonds. The molecular weight excluding hydrogens is 262 g/mol. The monoisotopic (exact) mass is 281 g/mol. The van der Waals surface area contributed by atoms with Gasteiger partial charge in [-0.25, -0.2) is 0 Å². The lowest BCUT2D eigenvalue weighted by Crippen LogP contribution is -2.14. The summed E-state index contributed by atoms with van der Waals surface area (Å²) in [6.07, 6.45) is 0. The van der Waals surface area contributed by atoms with E-state index in [0.717, 1.165) is 22.6 Å². The molecule has 3 nitrogen and oxygen atoms in total. The number of ether oxygens (including phenoxy) is 2. The van der Waals surface area contributed by atoms with E-state index < -0.39 is 0 Å². The Bertz CT molecular complexity index is 627. The van der Waals surface area contributed by atoms with Gasteiger partial charge in [-0.3, -0.25) is 0 Å². The van der Waals surface area contributed by atoms with Crippen LogP contribution in [0, 0.1) is 11.8 Å². The number of hydrogen-bond acceptors (Lipinski definition) is 3. The molecule has 0 bridgehead atoms. The van der Waals surface area contributed by atoms with Crippen LogP contribution in [0.4, 0.5) is 0 Å². The zero-order valence-corrected chi connectivity index (χ0v) is 12.3. The minimum absolute atomic E-state index is 0.629. The lowest BCUT2D eigenvalue weighted by Gasteiger charge is -2.10. The van der Waals surface area contributed by atoms with E-state index in [9.17, 15) is 0 Å². The second-order valence-electron chi connectivity index (χ2n) is 4.45. The Morgan fingerprint density at radius 3 is 2.52 bits per heavy atom. The van der Waals surface area contributed by atoms with Crippen LogP contribution >= 0.6 is 0 Å². The van der Waals surface area contributed by atoms with Crippen LogP contribution in [0.1, 0.15) is 11.1 Å². The van der Waals surface area contributed by atoms with Crippen LogP contribution in [-0.4, -0.2) is 20.8 Å². The third-order valence-electron chi connectivity index (χ3n) is 3.03. The van der Waals surface area contributed by atoms with Crippen LogP contribution in [0.15, 0.2) is 48.5 Å². The smallest absolute Gasteiger partial charge is 0.127 e. The average molecular weight is 281 g/mol. The molecule has 0 saturated heterocycles. The first-order valence-electron chi connectivity index (χ1n) is 6.79. The Labute approximate surface area is 125 Å². The van der Waals surface area contributed by atoms with Crippen LogP contribution in [0.5, 0.6) is 11.5 Å². The topological polar surface area (TPSA) is 30.5 Å². The van der Waals surface area contributed by atoms with Gasteiger partial charge in [-0.2, -0.15) is 0 Å². The van der Waals surface area contributed by atoms with Gasteiger partial charge in [-0.15, -0.1) is 0 Å². The molecule has 0 heterocycles. The lowest BCUT2D eigenvalue weighted by molar-refractivity contribution is 0.390. The molecule has 0 aliphatic carbocycles. The Kier molecular flexibility index (Phi) is 5.69. The van der Waals surface area contributed by atoms with Gasteiger partial charge in [-0.05, 0) is 18.2 Å². The van der Waals surface area contributed by atoms with Crippen molar-refractivity contribution in [2.24, 2.45) is 0 Å². The van der Waals surface area contributed by atoms with Gasteiger partial charge < -0.3 is 14.8 Å². The maximum atomic E-state index is 5.36. The van der Waals surface area contributed by atoms with Gasteiger partial charge in [0.25, 0.3) is 0 Å². The van der Waals surface area contributed by atoms with Crippen molar-refractivity contribution in [1.29, 1.82) is 0 Å². The van der Waals surface area contributed by atoms with E-state index in [1.165, 1.54) is 0 Å². The summed E-state index contributed by atoms with van der Waals surface area (Å²) in [5.41, 5.74) is 2.11. The van der Waals surface area contributed by atoms with Crippen LogP contribution in [0.25, 0.3) is 0 Å². The summed E-state index contributed by atoms with van der Waals surface area (Å²) in [6.45, 7) is 1.33. The number of benzene rings is 2.